The molecule has 0 bridgehead atoms. The first-order chi connectivity index (χ1) is 6.91. The molecule has 0 saturated carbocycles. The van der Waals surface area contributed by atoms with Crippen molar-refractivity contribution >= 4 is 17.1 Å². The van der Waals surface area contributed by atoms with E-state index in [0.29, 0.717) is 0 Å². The first-order valence-corrected chi connectivity index (χ1v) is 4.32. The molecule has 1 rings (SSSR count). The molecule has 0 saturated heterocycles. The maximum atomic E-state index is 11.1. The summed E-state index contributed by atoms with van der Waals surface area (Å²) in [7, 11) is 2.65. The van der Waals surface area contributed by atoms with Crippen molar-refractivity contribution in [3.05, 3.63) is 33.8 Å². The zero-order valence-electron chi connectivity index (χ0n) is 8.40. The third-order valence-electron chi connectivity index (χ3n) is 1.99. The topological polar surface area (TPSA) is 103 Å². The molecule has 0 heterocycles. The molecule has 3 atom stereocenters. The van der Waals surface area contributed by atoms with Crippen LogP contribution in [0, 0.1) is 15.6 Å². The first-order valence-electron chi connectivity index (χ1n) is 4.32. The zero-order valence-corrected chi connectivity index (χ0v) is 8.40. The quantitative estimate of drug-likeness (QED) is 0.414. The molecular weight excluding hydrogens is 202 g/mol. The van der Waals surface area contributed by atoms with Gasteiger partial charge in [0, 0.05) is 0 Å². The molecule has 0 amide bonds. The lowest BCUT2D eigenvalue weighted by molar-refractivity contribution is -0.991. The Labute approximate surface area is 86.4 Å². The smallest absolute Gasteiger partial charge is 0.175 e. The predicted molar refractivity (Wildman–Crippen MR) is 52.0 cm³/mol. The second kappa shape index (κ2) is 4.64. The van der Waals surface area contributed by atoms with Gasteiger partial charge in [-0.15, -0.1) is 0 Å². The molecule has 0 aliphatic heterocycles. The predicted octanol–water partition coefficient (Wildman–Crippen LogP) is -2.62. The molecule has 0 aliphatic rings. The lowest BCUT2D eigenvalue weighted by Gasteiger charge is -2.22. The summed E-state index contributed by atoms with van der Waals surface area (Å²) in [5.74, 6) is 0. The molecule has 0 spiro atoms. The van der Waals surface area contributed by atoms with Gasteiger partial charge in [-0.3, -0.25) is 0 Å². The van der Waals surface area contributed by atoms with E-state index < -0.39 is 5.23 Å². The summed E-state index contributed by atoms with van der Waals surface area (Å²) in [4.78, 5) is 0. The Morgan fingerprint density at radius 3 is 1.47 bits per heavy atom. The Kier molecular flexibility index (Phi) is 3.72. The van der Waals surface area contributed by atoms with E-state index in [1.165, 1.54) is 32.3 Å². The highest BCUT2D eigenvalue weighted by molar-refractivity contribution is 5.52. The minimum absolute atomic E-state index is 0.0482. The molecule has 0 fully saturated rings. The molecule has 4 N–H and O–H groups in total. The van der Waals surface area contributed by atoms with Crippen molar-refractivity contribution in [3.8, 4) is 0 Å². The van der Waals surface area contributed by atoms with Gasteiger partial charge in [0.05, 0.1) is 32.3 Å². The second-order valence-electron chi connectivity index (χ2n) is 3.22. The molecule has 84 valence electrons. The van der Waals surface area contributed by atoms with Crippen LogP contribution in [0.1, 0.15) is 0 Å². The van der Waals surface area contributed by atoms with Crippen LogP contribution in [0.2, 0.25) is 0 Å². The summed E-state index contributed by atoms with van der Waals surface area (Å²) < 4.78 is 0. The highest BCUT2D eigenvalue weighted by atomic mass is 16.8. The van der Waals surface area contributed by atoms with Crippen LogP contribution in [0.25, 0.3) is 0 Å². The molecule has 3 unspecified atom stereocenters. The van der Waals surface area contributed by atoms with Crippen molar-refractivity contribution in [2.24, 2.45) is 0 Å². The van der Waals surface area contributed by atoms with Crippen LogP contribution in [-0.2, 0) is 0 Å². The SMILES string of the molecule is C[NH+]([O-])c1cc([NH+](C)[O-])cc([NH+]([O-])O)c1. The van der Waals surface area contributed by atoms with Crippen LogP contribution < -0.4 is 15.4 Å². The van der Waals surface area contributed by atoms with Crippen molar-refractivity contribution < 1.29 is 20.6 Å². The van der Waals surface area contributed by atoms with E-state index in [0.717, 1.165) is 0 Å². The first kappa shape index (κ1) is 12.0. The Hall–Kier alpha value is -1.06. The zero-order chi connectivity index (χ0) is 11.6. The average Bonchev–Trinajstić information content (AvgIpc) is 2.16. The summed E-state index contributed by atoms with van der Waals surface area (Å²) >= 11 is 0. The standard InChI is InChI=1S/C8H13N3O4/c1-9(12)6-3-7(10(2)13)5-8(4-6)11(14)15/h3-5,9-11,14H,1-2H3. The fraction of sp³-hybridized carbons (Fsp3) is 0.250. The Bertz CT molecular complexity index is 276. The van der Waals surface area contributed by atoms with Gasteiger partial charge in [-0.05, 0) is 0 Å². The summed E-state index contributed by atoms with van der Waals surface area (Å²) in [6.45, 7) is 0. The lowest BCUT2D eigenvalue weighted by Crippen LogP contribution is -3.02. The van der Waals surface area contributed by atoms with Gasteiger partial charge in [0.15, 0.2) is 5.69 Å². The normalized spacial score (nSPS) is 17.2. The maximum Gasteiger partial charge on any atom is 0.175 e. The molecule has 1 aromatic rings. The van der Waals surface area contributed by atoms with Crippen LogP contribution >= 0.6 is 0 Å². The molecule has 1 aromatic carbocycles. The van der Waals surface area contributed by atoms with Gasteiger partial charge in [-0.2, -0.15) is 5.23 Å². The number of hydrogen-bond acceptors (Lipinski definition) is 4. The third kappa shape index (κ3) is 2.94. The van der Waals surface area contributed by atoms with E-state index in [1.54, 1.807) is 0 Å². The molecule has 7 nitrogen and oxygen atoms in total. The summed E-state index contributed by atoms with van der Waals surface area (Å²) in [5, 5.41) is 40.0. The summed E-state index contributed by atoms with van der Waals surface area (Å²) in [6.07, 6.45) is 0. The molecular formula is C8H13N3O4. The molecule has 15 heavy (non-hydrogen) atoms. The lowest BCUT2D eigenvalue weighted by atomic mass is 10.2. The van der Waals surface area contributed by atoms with Crippen molar-refractivity contribution in [2.45, 2.75) is 0 Å². The van der Waals surface area contributed by atoms with E-state index in [4.69, 9.17) is 5.21 Å². The summed E-state index contributed by atoms with van der Waals surface area (Å²) in [6, 6.07) is 3.92. The van der Waals surface area contributed by atoms with Gasteiger partial charge in [0.1, 0.15) is 11.4 Å². The molecule has 0 aliphatic carbocycles. The minimum atomic E-state index is -1.15. The van der Waals surface area contributed by atoms with E-state index in [9.17, 15) is 15.6 Å². The third-order valence-corrected chi connectivity index (χ3v) is 1.99. The maximum absolute atomic E-state index is 11.1. The fourth-order valence-corrected chi connectivity index (χ4v) is 1.16. The number of hydroxylamine groups is 2. The van der Waals surface area contributed by atoms with Crippen LogP contribution in [0.4, 0.5) is 17.1 Å². The van der Waals surface area contributed by atoms with E-state index in [2.05, 4.69) is 0 Å². The van der Waals surface area contributed by atoms with E-state index >= 15 is 0 Å². The van der Waals surface area contributed by atoms with Crippen LogP contribution in [0.5, 0.6) is 0 Å². The van der Waals surface area contributed by atoms with Gasteiger partial charge in [-0.1, -0.05) is 0 Å². The largest absolute Gasteiger partial charge is 0.629 e. The van der Waals surface area contributed by atoms with Crippen molar-refractivity contribution in [2.75, 3.05) is 14.1 Å². The minimum Gasteiger partial charge on any atom is -0.629 e. The van der Waals surface area contributed by atoms with Gasteiger partial charge in [-0.25, -0.2) is 5.21 Å². The van der Waals surface area contributed by atoms with Gasteiger partial charge < -0.3 is 25.7 Å². The second-order valence-corrected chi connectivity index (χ2v) is 3.22. The van der Waals surface area contributed by atoms with Crippen molar-refractivity contribution in [3.63, 3.8) is 0 Å². The monoisotopic (exact) mass is 215 g/mol. The van der Waals surface area contributed by atoms with Gasteiger partial charge in [0.2, 0.25) is 0 Å². The number of benzene rings is 1. The Morgan fingerprint density at radius 2 is 1.20 bits per heavy atom. The number of hydrogen-bond donors (Lipinski definition) is 4. The average molecular weight is 215 g/mol. The highest BCUT2D eigenvalue weighted by Crippen LogP contribution is 2.14. The number of quaternary nitrogens is 3. The number of nitrogens with one attached hydrogen (secondary N) is 3. The van der Waals surface area contributed by atoms with Gasteiger partial charge >= 0.3 is 0 Å². The van der Waals surface area contributed by atoms with Gasteiger partial charge in [0.25, 0.3) is 0 Å². The molecule has 0 aromatic heterocycles. The Balaban J connectivity index is 3.20. The van der Waals surface area contributed by atoms with Crippen LogP contribution in [-0.4, -0.2) is 19.3 Å². The van der Waals surface area contributed by atoms with Crippen molar-refractivity contribution in [1.29, 1.82) is 0 Å². The molecule has 0 radical (unpaired) electrons. The van der Waals surface area contributed by atoms with Crippen LogP contribution in [0.15, 0.2) is 18.2 Å². The summed E-state index contributed by atoms with van der Waals surface area (Å²) in [5.41, 5.74) is 0.424. The van der Waals surface area contributed by atoms with E-state index in [-0.39, 0.29) is 27.2 Å². The number of rotatable bonds is 3. The highest BCUT2D eigenvalue weighted by Gasteiger charge is 2.11. The fourth-order valence-electron chi connectivity index (χ4n) is 1.16. The van der Waals surface area contributed by atoms with E-state index in [1.807, 2.05) is 0 Å². The van der Waals surface area contributed by atoms with Crippen LogP contribution in [0.3, 0.4) is 0 Å². The van der Waals surface area contributed by atoms with Crippen molar-refractivity contribution in [1.82, 2.24) is 0 Å². The molecule has 7 heteroatoms. The Morgan fingerprint density at radius 1 is 0.867 bits per heavy atom.